The first kappa shape index (κ1) is 9.26. The van der Waals surface area contributed by atoms with Crippen LogP contribution in [0.25, 0.3) is 0 Å². The zero-order valence-corrected chi connectivity index (χ0v) is 6.45. The molecule has 1 atom stereocenters. The maximum atomic E-state index is 12.1. The van der Waals surface area contributed by atoms with Crippen molar-refractivity contribution in [3.05, 3.63) is 0 Å². The largest absolute Gasteiger partial charge is 0.382 e. The van der Waals surface area contributed by atoms with Gasteiger partial charge in [-0.25, -0.2) is 0 Å². The minimum atomic E-state index is -3.31. The zero-order chi connectivity index (χ0) is 7.71. The second kappa shape index (κ2) is 2.48. The molecule has 0 spiro atoms. The minimum absolute atomic E-state index is 0.481. The van der Waals surface area contributed by atoms with Crippen LogP contribution in [0.2, 0.25) is 0 Å². The minimum Gasteiger partial charge on any atom is -0.382 e. The van der Waals surface area contributed by atoms with Crippen LogP contribution in [0, 0.1) is 0 Å². The fraction of sp³-hybridized carbons (Fsp3) is 1.00. The van der Waals surface area contributed by atoms with Gasteiger partial charge in [0.25, 0.3) is 0 Å². The highest BCUT2D eigenvalue weighted by Gasteiger charge is 2.45. The second-order valence-corrected chi connectivity index (χ2v) is 2.97. The maximum Gasteiger partial charge on any atom is 0.330 e. The summed E-state index contributed by atoms with van der Waals surface area (Å²) in [6.45, 7) is 0.479. The molecule has 0 amide bonds. The lowest BCUT2D eigenvalue weighted by Gasteiger charge is -2.25. The Morgan fingerprint density at radius 1 is 1.67 bits per heavy atom. The molecular formula is C4H8BrF2NO. The smallest absolute Gasteiger partial charge is 0.330 e. The first-order valence-corrected chi connectivity index (χ1v) is 3.10. The van der Waals surface area contributed by atoms with E-state index in [1.165, 1.54) is 0 Å². The van der Waals surface area contributed by atoms with Crippen molar-refractivity contribution in [2.45, 2.75) is 17.4 Å². The molecule has 56 valence electrons. The number of halogens is 3. The Balaban J connectivity index is 4.14. The lowest BCUT2D eigenvalue weighted by atomic mass is 10.1. The molecular weight excluding hydrogens is 196 g/mol. The number of hydrogen-bond donors (Lipinski definition) is 2. The Bertz CT molecular complexity index is 101. The van der Waals surface area contributed by atoms with Gasteiger partial charge >= 0.3 is 4.83 Å². The Kier molecular flexibility index (Phi) is 2.55. The van der Waals surface area contributed by atoms with Gasteiger partial charge in [-0.3, -0.25) is 0 Å². The summed E-state index contributed by atoms with van der Waals surface area (Å²) in [5.41, 5.74) is 2.67. The predicted octanol–water partition coefficient (Wildman–Crippen LogP) is 0.684. The molecule has 0 bridgehead atoms. The highest BCUT2D eigenvalue weighted by molar-refractivity contribution is 9.10. The van der Waals surface area contributed by atoms with E-state index in [1.54, 1.807) is 0 Å². The van der Waals surface area contributed by atoms with Gasteiger partial charge in [-0.15, -0.1) is 0 Å². The van der Waals surface area contributed by atoms with Gasteiger partial charge in [0, 0.05) is 6.54 Å². The van der Waals surface area contributed by atoms with E-state index in [2.05, 4.69) is 0 Å². The third kappa shape index (κ3) is 2.15. The summed E-state index contributed by atoms with van der Waals surface area (Å²) >= 11 is 2.00. The van der Waals surface area contributed by atoms with Crippen LogP contribution in [0.1, 0.15) is 6.92 Å². The van der Waals surface area contributed by atoms with Gasteiger partial charge in [0.15, 0.2) is 0 Å². The molecule has 0 rings (SSSR count). The van der Waals surface area contributed by atoms with Gasteiger partial charge in [-0.2, -0.15) is 8.78 Å². The molecule has 0 aliphatic heterocycles. The quantitative estimate of drug-likeness (QED) is 0.649. The van der Waals surface area contributed by atoms with Crippen LogP contribution in [0.15, 0.2) is 0 Å². The first-order chi connectivity index (χ1) is 3.81. The standard InChI is InChI=1S/C4H8BrF2NO/c1-3(9,2-8)4(5,6)7/h9H,2,8H2,1H3. The molecule has 3 N–H and O–H groups in total. The van der Waals surface area contributed by atoms with E-state index in [-0.39, 0.29) is 0 Å². The van der Waals surface area contributed by atoms with Gasteiger partial charge in [-0.1, -0.05) is 0 Å². The summed E-state index contributed by atoms with van der Waals surface area (Å²) < 4.78 is 24.2. The van der Waals surface area contributed by atoms with E-state index in [9.17, 15) is 8.78 Å². The van der Waals surface area contributed by atoms with Crippen LogP contribution in [0.5, 0.6) is 0 Å². The molecule has 0 saturated carbocycles. The van der Waals surface area contributed by atoms with Crippen molar-refractivity contribution < 1.29 is 13.9 Å². The Hall–Kier alpha value is 0.260. The summed E-state index contributed by atoms with van der Waals surface area (Å²) in [6.07, 6.45) is 0. The van der Waals surface area contributed by atoms with Gasteiger partial charge in [0.1, 0.15) is 5.60 Å². The Morgan fingerprint density at radius 2 is 2.00 bits per heavy atom. The summed E-state index contributed by atoms with van der Waals surface area (Å²) in [5, 5.41) is 8.74. The maximum absolute atomic E-state index is 12.1. The topological polar surface area (TPSA) is 46.2 Å². The lowest BCUT2D eigenvalue weighted by molar-refractivity contribution is -0.0962. The highest BCUT2D eigenvalue weighted by atomic mass is 79.9. The number of nitrogens with two attached hydrogens (primary N) is 1. The SMILES string of the molecule is CC(O)(CN)C(F)(F)Br. The van der Waals surface area contributed by atoms with Crippen LogP contribution in [-0.4, -0.2) is 22.1 Å². The Morgan fingerprint density at radius 3 is 2.00 bits per heavy atom. The molecule has 0 aromatic carbocycles. The van der Waals surface area contributed by atoms with Crippen LogP contribution < -0.4 is 5.73 Å². The number of hydrogen-bond acceptors (Lipinski definition) is 2. The lowest BCUT2D eigenvalue weighted by Crippen LogP contribution is -2.47. The molecule has 0 radical (unpaired) electrons. The number of alkyl halides is 3. The third-order valence-electron chi connectivity index (χ3n) is 1.01. The Labute approximate surface area is 60.2 Å². The van der Waals surface area contributed by atoms with Crippen molar-refractivity contribution in [1.82, 2.24) is 0 Å². The average Bonchev–Trinajstić information content (AvgIpc) is 1.64. The molecule has 0 saturated heterocycles. The second-order valence-electron chi connectivity index (χ2n) is 1.98. The summed E-state index contributed by atoms with van der Waals surface area (Å²) in [5.74, 6) is 0. The van der Waals surface area contributed by atoms with Crippen molar-refractivity contribution in [3.63, 3.8) is 0 Å². The van der Waals surface area contributed by atoms with E-state index in [1.807, 2.05) is 15.9 Å². The molecule has 0 aliphatic carbocycles. The number of aliphatic hydroxyl groups is 1. The number of rotatable bonds is 2. The molecule has 1 unspecified atom stereocenters. The first-order valence-electron chi connectivity index (χ1n) is 2.30. The zero-order valence-electron chi connectivity index (χ0n) is 4.87. The van der Waals surface area contributed by atoms with Gasteiger partial charge in [0.05, 0.1) is 0 Å². The highest BCUT2D eigenvalue weighted by Crippen LogP contribution is 2.33. The summed E-state index contributed by atoms with van der Waals surface area (Å²) in [7, 11) is 0. The molecule has 0 fully saturated rings. The van der Waals surface area contributed by atoms with E-state index in [0.717, 1.165) is 6.92 Å². The monoisotopic (exact) mass is 203 g/mol. The van der Waals surface area contributed by atoms with E-state index in [4.69, 9.17) is 10.8 Å². The third-order valence-corrected chi connectivity index (χ3v) is 1.86. The fourth-order valence-corrected chi connectivity index (χ4v) is 0.278. The van der Waals surface area contributed by atoms with Crippen LogP contribution in [0.3, 0.4) is 0 Å². The molecule has 2 nitrogen and oxygen atoms in total. The van der Waals surface area contributed by atoms with Crippen molar-refractivity contribution in [1.29, 1.82) is 0 Å². The molecule has 5 heteroatoms. The van der Waals surface area contributed by atoms with Gasteiger partial charge in [-0.05, 0) is 22.9 Å². The van der Waals surface area contributed by atoms with Crippen LogP contribution in [0.4, 0.5) is 8.78 Å². The van der Waals surface area contributed by atoms with Crippen molar-refractivity contribution in [3.8, 4) is 0 Å². The predicted molar refractivity (Wildman–Crippen MR) is 33.6 cm³/mol. The fourth-order valence-electron chi connectivity index (χ4n) is 0.116. The molecule has 0 aromatic rings. The van der Waals surface area contributed by atoms with Crippen molar-refractivity contribution in [2.24, 2.45) is 5.73 Å². The molecule has 9 heavy (non-hydrogen) atoms. The van der Waals surface area contributed by atoms with Crippen molar-refractivity contribution >= 4 is 15.9 Å². The van der Waals surface area contributed by atoms with Crippen LogP contribution >= 0.6 is 15.9 Å². The van der Waals surface area contributed by atoms with Gasteiger partial charge in [0.2, 0.25) is 0 Å². The normalized spacial score (nSPS) is 19.3. The van der Waals surface area contributed by atoms with E-state index >= 15 is 0 Å². The summed E-state index contributed by atoms with van der Waals surface area (Å²) in [6, 6.07) is 0. The van der Waals surface area contributed by atoms with Crippen LogP contribution in [-0.2, 0) is 0 Å². The molecule has 0 aliphatic rings. The molecule has 0 aromatic heterocycles. The van der Waals surface area contributed by atoms with E-state index < -0.39 is 17.0 Å². The average molecular weight is 204 g/mol. The molecule has 0 heterocycles. The van der Waals surface area contributed by atoms with Gasteiger partial charge < -0.3 is 10.8 Å². The van der Waals surface area contributed by atoms with Crippen molar-refractivity contribution in [2.75, 3.05) is 6.54 Å². The summed E-state index contributed by atoms with van der Waals surface area (Å²) in [4.78, 5) is -3.31. The van der Waals surface area contributed by atoms with E-state index in [0.29, 0.717) is 0 Å².